The van der Waals surface area contributed by atoms with Gasteiger partial charge in [0.1, 0.15) is 29.0 Å². The fourth-order valence-corrected chi connectivity index (χ4v) is 2.25. The molecule has 0 radical (unpaired) electrons. The Morgan fingerprint density at radius 1 is 1.00 bits per heavy atom. The van der Waals surface area contributed by atoms with Crippen LogP contribution in [0.3, 0.4) is 0 Å². The van der Waals surface area contributed by atoms with Crippen molar-refractivity contribution in [2.45, 2.75) is 18.6 Å². The molecule has 1 unspecified atom stereocenters. The van der Waals surface area contributed by atoms with Crippen LogP contribution in [0.2, 0.25) is 0 Å². The normalized spacial score (nSPS) is 12.6. The molecule has 3 nitrogen and oxygen atoms in total. The van der Waals surface area contributed by atoms with Crippen LogP contribution in [0.25, 0.3) is 0 Å². The molecule has 0 aromatic heterocycles. The first-order valence-corrected chi connectivity index (χ1v) is 7.24. The maximum absolute atomic E-state index is 14.1. The summed E-state index contributed by atoms with van der Waals surface area (Å²) in [6.45, 7) is 3.33. The summed E-state index contributed by atoms with van der Waals surface area (Å²) in [5, 5.41) is 2.63. The average molecular weight is 393 g/mol. The number of hydrogen-bond acceptors (Lipinski definition) is 3. The summed E-state index contributed by atoms with van der Waals surface area (Å²) in [5.41, 5.74) is -2.18. The molecular weight excluding hydrogens is 383 g/mol. The first kappa shape index (κ1) is 20.4. The van der Waals surface area contributed by atoms with E-state index in [0.29, 0.717) is 12.1 Å². The fraction of sp³-hybridized carbons (Fsp3) is 0.176. The van der Waals surface area contributed by atoms with Crippen molar-refractivity contribution in [3.8, 4) is 5.75 Å². The van der Waals surface area contributed by atoms with Gasteiger partial charge in [0.2, 0.25) is 0 Å². The largest absolute Gasteiger partial charge is 0.432 e. The second-order valence-electron chi connectivity index (χ2n) is 5.32. The molecule has 0 heterocycles. The molecule has 0 saturated heterocycles. The highest BCUT2D eigenvalue weighted by Crippen LogP contribution is 2.37. The minimum Gasteiger partial charge on any atom is -0.429 e. The van der Waals surface area contributed by atoms with Crippen LogP contribution in [0, 0.1) is 34.0 Å². The van der Waals surface area contributed by atoms with Gasteiger partial charge >= 0.3 is 6.11 Å². The molecule has 1 atom stereocenters. The molecule has 0 spiro atoms. The van der Waals surface area contributed by atoms with Crippen LogP contribution in [0.15, 0.2) is 42.1 Å². The molecule has 2 aromatic carbocycles. The third kappa shape index (κ3) is 4.26. The minimum atomic E-state index is -4.70. The summed E-state index contributed by atoms with van der Waals surface area (Å²) in [5.74, 6) is -10.4. The number of nitroso groups, excluding NO2 is 1. The first-order valence-electron chi connectivity index (χ1n) is 7.24. The predicted octanol–water partition coefficient (Wildman–Crippen LogP) is 5.89. The summed E-state index contributed by atoms with van der Waals surface area (Å²) >= 11 is 0. The molecule has 0 amide bonds. The number of hydrogen-bond donors (Lipinski definition) is 0. The second-order valence-corrected chi connectivity index (χ2v) is 5.32. The van der Waals surface area contributed by atoms with Gasteiger partial charge in [-0.2, -0.15) is 13.7 Å². The van der Waals surface area contributed by atoms with E-state index in [2.05, 4.69) is 16.5 Å². The molecule has 0 saturated carbocycles. The molecule has 2 aromatic rings. The summed E-state index contributed by atoms with van der Waals surface area (Å²) < 4.78 is 99.5. The Kier molecular flexibility index (Phi) is 5.87. The molecule has 0 fully saturated rings. The molecule has 10 heteroatoms. The molecule has 2 rings (SSSR count). The Hall–Kier alpha value is -2.91. The van der Waals surface area contributed by atoms with Gasteiger partial charge in [-0.15, -0.1) is 6.58 Å². The van der Waals surface area contributed by atoms with Gasteiger partial charge in [-0.25, -0.2) is 22.0 Å². The minimum absolute atomic E-state index is 0.0902. The van der Waals surface area contributed by atoms with E-state index in [1.807, 2.05) is 0 Å². The van der Waals surface area contributed by atoms with E-state index in [1.54, 1.807) is 0 Å². The zero-order valence-electron chi connectivity index (χ0n) is 13.3. The summed E-state index contributed by atoms with van der Waals surface area (Å²) in [7, 11) is 0. The highest BCUT2D eigenvalue weighted by atomic mass is 19.3. The van der Waals surface area contributed by atoms with E-state index in [4.69, 9.17) is 0 Å². The van der Waals surface area contributed by atoms with Gasteiger partial charge in [0.25, 0.3) is 0 Å². The van der Waals surface area contributed by atoms with Gasteiger partial charge in [-0.3, -0.25) is 0 Å². The Labute approximate surface area is 148 Å². The van der Waals surface area contributed by atoms with Crippen LogP contribution in [-0.2, 0) is 6.11 Å². The van der Waals surface area contributed by atoms with E-state index < -0.39 is 52.5 Å². The quantitative estimate of drug-likeness (QED) is 0.255. The Morgan fingerprint density at radius 2 is 1.52 bits per heavy atom. The molecule has 144 valence electrons. The summed E-state index contributed by atoms with van der Waals surface area (Å²) in [4.78, 5) is 10.7. The smallest absolute Gasteiger partial charge is 0.429 e. The lowest BCUT2D eigenvalue weighted by Crippen LogP contribution is -2.25. The van der Waals surface area contributed by atoms with E-state index in [-0.39, 0.29) is 24.1 Å². The highest BCUT2D eigenvalue weighted by molar-refractivity contribution is 5.32. The van der Waals surface area contributed by atoms with Gasteiger partial charge in [0.15, 0.2) is 17.5 Å². The van der Waals surface area contributed by atoms with Crippen LogP contribution in [0.4, 0.5) is 30.7 Å². The molecule has 0 N–H and O–H groups in total. The van der Waals surface area contributed by atoms with E-state index in [9.17, 15) is 35.6 Å². The second kappa shape index (κ2) is 7.77. The van der Waals surface area contributed by atoms with Crippen molar-refractivity contribution in [3.63, 3.8) is 0 Å². The van der Waals surface area contributed by atoms with Crippen molar-refractivity contribution in [2.75, 3.05) is 0 Å². The van der Waals surface area contributed by atoms with Crippen molar-refractivity contribution in [2.24, 2.45) is 5.18 Å². The predicted molar refractivity (Wildman–Crippen MR) is 80.5 cm³/mol. The van der Waals surface area contributed by atoms with Crippen molar-refractivity contribution in [1.29, 1.82) is 0 Å². The topological polar surface area (TPSA) is 38.7 Å². The number of ether oxygens (including phenoxy) is 1. The first-order chi connectivity index (χ1) is 12.6. The van der Waals surface area contributed by atoms with Crippen molar-refractivity contribution < 1.29 is 35.5 Å². The third-order valence-electron chi connectivity index (χ3n) is 3.46. The monoisotopic (exact) mass is 393 g/mol. The SMILES string of the molecule is C=CCC(N=O)c1cc(F)c(C(F)(F)Oc2cc(F)c(F)c(F)c2)c(F)c1. The van der Waals surface area contributed by atoms with Crippen molar-refractivity contribution in [3.05, 3.63) is 82.0 Å². The molecule has 27 heavy (non-hydrogen) atoms. The highest BCUT2D eigenvalue weighted by Gasteiger charge is 2.41. The van der Waals surface area contributed by atoms with E-state index >= 15 is 0 Å². The molecular formula is C17H10F7NO2. The number of rotatable bonds is 7. The number of alkyl halides is 2. The maximum Gasteiger partial charge on any atom is 0.432 e. The molecule has 0 aliphatic rings. The fourth-order valence-electron chi connectivity index (χ4n) is 2.25. The molecule has 0 bridgehead atoms. The number of benzene rings is 2. The van der Waals surface area contributed by atoms with Crippen LogP contribution in [0.1, 0.15) is 23.6 Å². The van der Waals surface area contributed by atoms with Crippen LogP contribution >= 0.6 is 0 Å². The Bertz CT molecular complexity index is 840. The van der Waals surface area contributed by atoms with Gasteiger partial charge in [-0.05, 0) is 24.1 Å². The lowest BCUT2D eigenvalue weighted by molar-refractivity contribution is -0.189. The number of nitrogens with zero attached hydrogens (tertiary/aromatic N) is 1. The lowest BCUT2D eigenvalue weighted by Gasteiger charge is -2.20. The standard InChI is InChI=1S/C17H10F7NO2/c1-2-3-14(25-26)8-4-10(18)15(11(19)5-8)17(23,24)27-9-6-12(20)16(22)13(21)7-9/h2,4-7,14H,1,3H2. The Morgan fingerprint density at radius 3 is 1.96 bits per heavy atom. The van der Waals surface area contributed by atoms with Crippen molar-refractivity contribution >= 4 is 0 Å². The van der Waals surface area contributed by atoms with Crippen LogP contribution in [-0.4, -0.2) is 0 Å². The van der Waals surface area contributed by atoms with E-state index in [1.165, 1.54) is 6.08 Å². The van der Waals surface area contributed by atoms with Gasteiger partial charge in [0, 0.05) is 12.1 Å². The van der Waals surface area contributed by atoms with Gasteiger partial charge in [0.05, 0.1) is 0 Å². The molecule has 0 aliphatic carbocycles. The summed E-state index contributed by atoms with van der Waals surface area (Å²) in [6, 6.07) is -0.163. The zero-order chi connectivity index (χ0) is 20.4. The average Bonchev–Trinajstić information content (AvgIpc) is 2.56. The zero-order valence-corrected chi connectivity index (χ0v) is 13.3. The Balaban J connectivity index is 2.43. The molecule has 0 aliphatic heterocycles. The number of halogens is 7. The van der Waals surface area contributed by atoms with E-state index in [0.717, 1.165) is 0 Å². The maximum atomic E-state index is 14.1. The van der Waals surface area contributed by atoms with Crippen LogP contribution < -0.4 is 4.74 Å². The van der Waals surface area contributed by atoms with Gasteiger partial charge in [-0.1, -0.05) is 11.3 Å². The third-order valence-corrected chi connectivity index (χ3v) is 3.46. The van der Waals surface area contributed by atoms with Gasteiger partial charge < -0.3 is 4.74 Å². The lowest BCUT2D eigenvalue weighted by atomic mass is 10.0. The van der Waals surface area contributed by atoms with Crippen LogP contribution in [0.5, 0.6) is 5.75 Å². The van der Waals surface area contributed by atoms with Crippen molar-refractivity contribution in [1.82, 2.24) is 0 Å². The summed E-state index contributed by atoms with van der Waals surface area (Å²) in [6.07, 6.45) is -3.56.